The number of pyridine rings is 1. The molecule has 0 saturated heterocycles. The van der Waals surface area contributed by atoms with Gasteiger partial charge in [0.1, 0.15) is 22.8 Å². The summed E-state index contributed by atoms with van der Waals surface area (Å²) in [5.74, 6) is 2.42. The van der Waals surface area contributed by atoms with E-state index >= 15 is 0 Å². The molecule has 2 aliphatic carbocycles. The van der Waals surface area contributed by atoms with Crippen molar-refractivity contribution in [1.29, 1.82) is 0 Å². The Bertz CT molecular complexity index is 1700. The predicted octanol–water partition coefficient (Wildman–Crippen LogP) is 6.32. The summed E-state index contributed by atoms with van der Waals surface area (Å²) in [5, 5.41) is 14.5. The number of nitrogens with one attached hydrogen (secondary N) is 2. The van der Waals surface area contributed by atoms with Gasteiger partial charge >= 0.3 is 0 Å². The zero-order chi connectivity index (χ0) is 34.2. The van der Waals surface area contributed by atoms with Gasteiger partial charge in [-0.05, 0) is 90.5 Å². The van der Waals surface area contributed by atoms with Crippen LogP contribution in [-0.4, -0.2) is 46.7 Å². The zero-order valence-electron chi connectivity index (χ0n) is 28.6. The molecule has 5 N–H and O–H groups in total. The lowest BCUT2D eigenvalue weighted by Gasteiger charge is -2.47. The number of ether oxygens (including phenoxy) is 1. The first kappa shape index (κ1) is 34.2. The number of phenols is 1. The van der Waals surface area contributed by atoms with Crippen LogP contribution >= 0.6 is 21.6 Å². The molecule has 4 heterocycles. The van der Waals surface area contributed by atoms with E-state index in [1.54, 1.807) is 18.2 Å². The number of benzene rings is 1. The van der Waals surface area contributed by atoms with Crippen LogP contribution in [0.4, 0.5) is 5.82 Å². The quantitative estimate of drug-likeness (QED) is 0.216. The van der Waals surface area contributed by atoms with Crippen molar-refractivity contribution >= 4 is 45.0 Å². The molecule has 10 heteroatoms. The molecule has 5 unspecified atom stereocenters. The molecule has 1 aromatic heterocycles. The molecule has 49 heavy (non-hydrogen) atoms. The number of ketones is 2. The Kier molecular flexibility index (Phi) is 9.92. The second-order valence-electron chi connectivity index (χ2n) is 14.9. The molecule has 1 spiro atoms. The van der Waals surface area contributed by atoms with E-state index in [1.165, 1.54) is 55.9 Å². The minimum Gasteiger partial charge on any atom is -0.504 e. The van der Waals surface area contributed by atoms with E-state index in [0.29, 0.717) is 41.7 Å². The molecule has 2 aromatic rings. The largest absolute Gasteiger partial charge is 0.504 e. The van der Waals surface area contributed by atoms with Gasteiger partial charge in [-0.2, -0.15) is 0 Å². The first-order chi connectivity index (χ1) is 23.7. The van der Waals surface area contributed by atoms with Crippen LogP contribution in [0.25, 0.3) is 6.08 Å². The van der Waals surface area contributed by atoms with Crippen LogP contribution in [-0.2, 0) is 16.0 Å². The van der Waals surface area contributed by atoms with Crippen LogP contribution in [0, 0.1) is 17.3 Å². The van der Waals surface area contributed by atoms with Crippen molar-refractivity contribution in [1.82, 2.24) is 10.3 Å². The number of nitrogens with zero attached hydrogens (tertiary/aromatic N) is 1. The Balaban J connectivity index is 1.35. The number of rotatable bonds is 3. The lowest BCUT2D eigenvalue weighted by Crippen LogP contribution is -3.20. The second-order valence-corrected chi connectivity index (χ2v) is 17.4. The summed E-state index contributed by atoms with van der Waals surface area (Å²) in [5.41, 5.74) is 12.2. The van der Waals surface area contributed by atoms with Crippen molar-refractivity contribution in [2.45, 2.75) is 88.3 Å². The lowest BCUT2D eigenvalue weighted by molar-refractivity contribution is -0.915. The summed E-state index contributed by atoms with van der Waals surface area (Å²) in [4.78, 5) is 32.2. The van der Waals surface area contributed by atoms with Crippen molar-refractivity contribution < 1.29 is 24.3 Å². The second kappa shape index (κ2) is 14.2. The number of nitrogen functional groups attached to an aromatic ring is 1. The van der Waals surface area contributed by atoms with Crippen LogP contribution in [0.5, 0.6) is 11.5 Å². The average molecular weight is 702 g/mol. The van der Waals surface area contributed by atoms with Crippen molar-refractivity contribution in [3.8, 4) is 11.5 Å². The van der Waals surface area contributed by atoms with Gasteiger partial charge < -0.3 is 20.9 Å². The number of hydrogen-bond acceptors (Lipinski definition) is 9. The number of allylic oxidation sites excluding steroid dienone is 2. The highest BCUT2D eigenvalue weighted by molar-refractivity contribution is 8.76. The molecule has 2 saturated carbocycles. The maximum atomic E-state index is 12.9. The van der Waals surface area contributed by atoms with Gasteiger partial charge in [0.15, 0.2) is 24.0 Å². The summed E-state index contributed by atoms with van der Waals surface area (Å²) in [6.07, 6.45) is 22.2. The van der Waals surface area contributed by atoms with Crippen LogP contribution < -0.4 is 20.7 Å². The Morgan fingerprint density at radius 3 is 2.78 bits per heavy atom. The third-order valence-electron chi connectivity index (χ3n) is 11.9. The normalized spacial score (nSPS) is 29.8. The highest BCUT2D eigenvalue weighted by Crippen LogP contribution is 2.63. The van der Waals surface area contributed by atoms with Gasteiger partial charge in [-0.1, -0.05) is 59.9 Å². The highest BCUT2D eigenvalue weighted by atomic mass is 33.1. The van der Waals surface area contributed by atoms with E-state index in [4.69, 9.17) is 15.5 Å². The molecule has 0 amide bonds. The summed E-state index contributed by atoms with van der Waals surface area (Å²) in [7, 11) is 5.38. The monoisotopic (exact) mass is 701 g/mol. The summed E-state index contributed by atoms with van der Waals surface area (Å²) < 4.78 is 5.42. The number of aromatic nitrogens is 1. The first-order valence-electron chi connectivity index (χ1n) is 17.9. The van der Waals surface area contributed by atoms with Crippen molar-refractivity contribution in [2.75, 3.05) is 25.3 Å². The zero-order valence-corrected chi connectivity index (χ0v) is 30.3. The van der Waals surface area contributed by atoms with Crippen molar-refractivity contribution in [3.63, 3.8) is 0 Å². The van der Waals surface area contributed by atoms with E-state index in [-0.39, 0.29) is 34.5 Å². The fourth-order valence-corrected chi connectivity index (χ4v) is 13.0. The van der Waals surface area contributed by atoms with E-state index < -0.39 is 0 Å². The predicted molar refractivity (Wildman–Crippen MR) is 198 cm³/mol. The van der Waals surface area contributed by atoms with Gasteiger partial charge in [0.05, 0.1) is 25.0 Å². The Hall–Kier alpha value is -3.21. The maximum absolute atomic E-state index is 12.9. The lowest BCUT2D eigenvalue weighted by atomic mass is 9.75. The van der Waals surface area contributed by atoms with Crippen molar-refractivity contribution in [2.24, 2.45) is 17.3 Å². The van der Waals surface area contributed by atoms with E-state index in [1.807, 2.05) is 27.8 Å². The van der Waals surface area contributed by atoms with E-state index in [9.17, 15) is 14.7 Å². The van der Waals surface area contributed by atoms with Gasteiger partial charge in [0.2, 0.25) is 0 Å². The number of fused-ring (bicyclic) bond motifs is 6. The van der Waals surface area contributed by atoms with Crippen LogP contribution in [0.1, 0.15) is 98.6 Å². The van der Waals surface area contributed by atoms with E-state index in [0.717, 1.165) is 53.9 Å². The van der Waals surface area contributed by atoms with E-state index in [2.05, 4.69) is 36.7 Å². The molecule has 2 fully saturated rings. The number of carbonyl (C=O) groups excluding carboxylic acids is 2. The molecule has 8 nitrogen and oxygen atoms in total. The number of Topliss-reactive ketones (excluding diaryl/α,β-unsaturated/α-hetero) is 1. The minimum atomic E-state index is -0.222. The molecular formula is C39H49N4O4S2+. The van der Waals surface area contributed by atoms with Crippen LogP contribution in [0.3, 0.4) is 0 Å². The summed E-state index contributed by atoms with van der Waals surface area (Å²) in [6.45, 7) is 3.06. The molecule has 5 atom stereocenters. The SMILES string of the molecule is CCC1CCC(=O)CC(=O)C=Cc2cc(OC)c(O)cc2Cc2cnc(N)c(c2)C(C23CC4(CCCC4)CC2C=CC2=CNC[NH+]23)SSC1. The van der Waals surface area contributed by atoms with Gasteiger partial charge in [-0.25, -0.2) is 4.98 Å². The molecule has 5 aliphatic rings. The molecule has 2 bridgehead atoms. The Labute approximate surface area is 297 Å². The first-order valence-corrected chi connectivity index (χ1v) is 20.3. The molecular weight excluding hydrogens is 653 g/mol. The Morgan fingerprint density at radius 2 is 1.98 bits per heavy atom. The van der Waals surface area contributed by atoms with Gasteiger partial charge in [-0.3, -0.25) is 14.5 Å². The average Bonchev–Trinajstić information content (AvgIpc) is 3.83. The molecule has 3 aliphatic heterocycles. The minimum absolute atomic E-state index is 0.0184. The maximum Gasteiger partial charge on any atom is 0.163 e. The Morgan fingerprint density at radius 1 is 1.14 bits per heavy atom. The molecule has 260 valence electrons. The molecule has 7 rings (SSSR count). The van der Waals surface area contributed by atoms with Crippen molar-refractivity contribution in [3.05, 3.63) is 76.8 Å². The highest BCUT2D eigenvalue weighted by Gasteiger charge is 2.66. The number of hydrogen-bond donors (Lipinski definition) is 4. The number of nitrogens with two attached hydrogens (primary N) is 1. The fraction of sp³-hybridized carbons (Fsp3) is 0.513. The standard InChI is InChI=1S/C39H48N4O4S2/c1-3-25-6-10-31(44)18-32(45)11-7-27-17-35(47-2)34(46)16-28(27)14-26-15-33(37(40)42-20-26)36(49-48-22-25)39-23-38(12-4-5-13-38)19-29(39)8-9-30-21-41-24-43(30)39/h7-9,11,15-17,20-21,25,29,36,41,46H,3-6,10,12-14,18-19,22-24H2,1-2H3,(H2,40,42)/p+1. The molecule has 0 radical (unpaired) electrons. The number of aromatic hydroxyl groups is 1. The third kappa shape index (κ3) is 6.68. The number of methoxy groups -OCH3 is 1. The topological polar surface area (TPSA) is 119 Å². The summed E-state index contributed by atoms with van der Waals surface area (Å²) in [6, 6.07) is 5.71. The number of carbonyl (C=O) groups is 2. The van der Waals surface area contributed by atoms with Gasteiger partial charge in [0.25, 0.3) is 0 Å². The van der Waals surface area contributed by atoms with Crippen LogP contribution in [0.15, 0.2) is 54.5 Å². The third-order valence-corrected chi connectivity index (χ3v) is 14.9. The molecule has 1 aromatic carbocycles. The fourth-order valence-electron chi connectivity index (χ4n) is 9.33. The summed E-state index contributed by atoms with van der Waals surface area (Å²) >= 11 is 0. The number of anilines is 1. The van der Waals surface area contributed by atoms with Gasteiger partial charge in [-0.15, -0.1) is 0 Å². The van der Waals surface area contributed by atoms with Crippen LogP contribution in [0.2, 0.25) is 0 Å². The number of quaternary nitrogens is 1. The smallest absolute Gasteiger partial charge is 0.163 e. The number of phenolic OH excluding ortho intramolecular Hbond substituents is 1. The van der Waals surface area contributed by atoms with Gasteiger partial charge in [0, 0.05) is 36.3 Å².